The van der Waals surface area contributed by atoms with Gasteiger partial charge < -0.3 is 14.4 Å². The lowest BCUT2D eigenvalue weighted by Crippen LogP contribution is -2.34. The molecule has 1 unspecified atom stereocenters. The van der Waals surface area contributed by atoms with Crippen molar-refractivity contribution in [3.63, 3.8) is 0 Å². The maximum atomic E-state index is 9.38. The Morgan fingerprint density at radius 3 is 2.79 bits per heavy atom. The first-order valence-electron chi connectivity index (χ1n) is 8.29. The number of aliphatic hydroxyl groups excluding tert-OH is 1. The molecule has 1 aromatic carbocycles. The zero-order chi connectivity index (χ0) is 16.9. The van der Waals surface area contributed by atoms with E-state index in [2.05, 4.69) is 34.3 Å². The second-order valence-corrected chi connectivity index (χ2v) is 6.55. The first kappa shape index (κ1) is 17.3. The van der Waals surface area contributed by atoms with E-state index in [0.29, 0.717) is 17.3 Å². The number of aliphatic hydroxyl groups is 1. The molecule has 1 N–H and O–H groups in total. The summed E-state index contributed by atoms with van der Waals surface area (Å²) >= 11 is 5.44. The second-order valence-electron chi connectivity index (χ2n) is 6.19. The van der Waals surface area contributed by atoms with Crippen molar-refractivity contribution in [3.8, 4) is 0 Å². The SMILES string of the molecule is Cn1c(CO)nn(CN(Cc2ccccc2)CC2CCCO2)c1=S. The van der Waals surface area contributed by atoms with Crippen molar-refractivity contribution >= 4 is 12.2 Å². The fourth-order valence-electron chi connectivity index (χ4n) is 3.04. The minimum Gasteiger partial charge on any atom is -0.388 e. The monoisotopic (exact) mass is 348 g/mol. The molecule has 1 atom stereocenters. The third kappa shape index (κ3) is 4.10. The summed E-state index contributed by atoms with van der Waals surface area (Å²) in [7, 11) is 1.83. The predicted molar refractivity (Wildman–Crippen MR) is 93.8 cm³/mol. The van der Waals surface area contributed by atoms with Crippen LogP contribution in [0, 0.1) is 4.77 Å². The molecule has 1 fully saturated rings. The molecule has 130 valence electrons. The standard InChI is InChI=1S/C17H24N4O2S/c1-19-16(12-22)18-21(17(19)24)13-20(11-15-8-5-9-23-15)10-14-6-3-2-4-7-14/h2-4,6-7,15,22H,5,8-13H2,1H3. The van der Waals surface area contributed by atoms with Crippen LogP contribution in [0.15, 0.2) is 30.3 Å². The summed E-state index contributed by atoms with van der Waals surface area (Å²) in [4.78, 5) is 2.30. The third-order valence-electron chi connectivity index (χ3n) is 4.34. The van der Waals surface area contributed by atoms with Crippen molar-refractivity contribution in [3.05, 3.63) is 46.5 Å². The third-order valence-corrected chi connectivity index (χ3v) is 4.83. The summed E-state index contributed by atoms with van der Waals surface area (Å²) in [5, 5.41) is 13.8. The maximum absolute atomic E-state index is 9.38. The zero-order valence-corrected chi connectivity index (χ0v) is 14.8. The number of nitrogens with zero attached hydrogens (tertiary/aromatic N) is 4. The number of rotatable bonds is 7. The van der Waals surface area contributed by atoms with Gasteiger partial charge in [0.15, 0.2) is 10.6 Å². The van der Waals surface area contributed by atoms with Gasteiger partial charge >= 0.3 is 0 Å². The van der Waals surface area contributed by atoms with E-state index in [1.165, 1.54) is 5.56 Å². The number of hydrogen-bond donors (Lipinski definition) is 1. The van der Waals surface area contributed by atoms with Gasteiger partial charge in [-0.05, 0) is 30.6 Å². The average Bonchev–Trinajstić information content (AvgIpc) is 3.19. The van der Waals surface area contributed by atoms with E-state index < -0.39 is 0 Å². The Morgan fingerprint density at radius 1 is 1.38 bits per heavy atom. The zero-order valence-electron chi connectivity index (χ0n) is 14.0. The molecule has 1 aromatic heterocycles. The Bertz CT molecular complexity index is 707. The lowest BCUT2D eigenvalue weighted by atomic mass is 10.2. The van der Waals surface area contributed by atoms with Crippen LogP contribution in [0.3, 0.4) is 0 Å². The van der Waals surface area contributed by atoms with Crippen molar-refractivity contribution in [2.75, 3.05) is 13.2 Å². The predicted octanol–water partition coefficient (Wildman–Crippen LogP) is 2.08. The highest BCUT2D eigenvalue weighted by molar-refractivity contribution is 7.71. The van der Waals surface area contributed by atoms with Crippen molar-refractivity contribution in [2.45, 2.75) is 38.8 Å². The number of hydrogen-bond acceptors (Lipinski definition) is 5. The van der Waals surface area contributed by atoms with Crippen molar-refractivity contribution in [2.24, 2.45) is 7.05 Å². The smallest absolute Gasteiger partial charge is 0.198 e. The van der Waals surface area contributed by atoms with Crippen LogP contribution in [0.2, 0.25) is 0 Å². The van der Waals surface area contributed by atoms with E-state index in [0.717, 1.165) is 32.5 Å². The highest BCUT2D eigenvalue weighted by Crippen LogP contribution is 2.16. The minimum absolute atomic E-state index is 0.114. The fraction of sp³-hybridized carbons (Fsp3) is 0.529. The first-order chi connectivity index (χ1) is 11.7. The molecule has 3 rings (SSSR count). The number of aromatic nitrogens is 3. The van der Waals surface area contributed by atoms with Gasteiger partial charge in [0.2, 0.25) is 0 Å². The van der Waals surface area contributed by atoms with E-state index in [1.807, 2.05) is 13.1 Å². The molecule has 2 heterocycles. The lowest BCUT2D eigenvalue weighted by molar-refractivity contribution is 0.0566. The molecule has 0 saturated carbocycles. The van der Waals surface area contributed by atoms with Crippen LogP contribution >= 0.6 is 12.2 Å². The van der Waals surface area contributed by atoms with Crippen LogP contribution in [0.25, 0.3) is 0 Å². The Hall–Kier alpha value is -1.54. The highest BCUT2D eigenvalue weighted by Gasteiger charge is 2.20. The van der Waals surface area contributed by atoms with E-state index >= 15 is 0 Å². The van der Waals surface area contributed by atoms with Gasteiger partial charge in [-0.15, -0.1) is 0 Å². The highest BCUT2D eigenvalue weighted by atomic mass is 32.1. The van der Waals surface area contributed by atoms with Gasteiger partial charge in [0.05, 0.1) is 12.8 Å². The van der Waals surface area contributed by atoms with E-state index in [1.54, 1.807) is 9.25 Å². The lowest BCUT2D eigenvalue weighted by Gasteiger charge is -2.25. The summed E-state index contributed by atoms with van der Waals surface area (Å²) in [5.41, 5.74) is 1.25. The van der Waals surface area contributed by atoms with Crippen LogP contribution in [0.5, 0.6) is 0 Å². The van der Waals surface area contributed by atoms with E-state index in [-0.39, 0.29) is 12.7 Å². The molecule has 0 aliphatic carbocycles. The minimum atomic E-state index is -0.114. The molecule has 0 amide bonds. The maximum Gasteiger partial charge on any atom is 0.198 e. The molecule has 6 nitrogen and oxygen atoms in total. The number of ether oxygens (including phenoxy) is 1. The molecule has 1 saturated heterocycles. The summed E-state index contributed by atoms with van der Waals surface area (Å²) in [6, 6.07) is 10.4. The summed E-state index contributed by atoms with van der Waals surface area (Å²) in [6.07, 6.45) is 2.49. The topological polar surface area (TPSA) is 55.5 Å². The van der Waals surface area contributed by atoms with Gasteiger partial charge in [-0.25, -0.2) is 4.68 Å². The van der Waals surface area contributed by atoms with Gasteiger partial charge in [-0.1, -0.05) is 30.3 Å². The molecular formula is C17H24N4O2S. The largest absolute Gasteiger partial charge is 0.388 e. The van der Waals surface area contributed by atoms with Crippen LogP contribution in [0.1, 0.15) is 24.2 Å². The molecule has 1 aliphatic rings. The van der Waals surface area contributed by atoms with Gasteiger partial charge in [0.1, 0.15) is 6.61 Å². The van der Waals surface area contributed by atoms with Gasteiger partial charge in [-0.3, -0.25) is 4.90 Å². The molecule has 1 aliphatic heterocycles. The first-order valence-corrected chi connectivity index (χ1v) is 8.69. The fourth-order valence-corrected chi connectivity index (χ4v) is 3.25. The van der Waals surface area contributed by atoms with Gasteiger partial charge in [-0.2, -0.15) is 5.10 Å². The summed E-state index contributed by atoms with van der Waals surface area (Å²) in [6.45, 7) is 2.98. The van der Waals surface area contributed by atoms with Crippen molar-refractivity contribution in [1.82, 2.24) is 19.2 Å². The Labute approximate surface area is 147 Å². The molecule has 7 heteroatoms. The number of benzene rings is 1. The van der Waals surface area contributed by atoms with Gasteiger partial charge in [0, 0.05) is 26.7 Å². The van der Waals surface area contributed by atoms with E-state index in [4.69, 9.17) is 17.0 Å². The van der Waals surface area contributed by atoms with Crippen LogP contribution in [-0.2, 0) is 31.6 Å². The molecule has 0 spiro atoms. The average molecular weight is 348 g/mol. The molecule has 0 bridgehead atoms. The van der Waals surface area contributed by atoms with Crippen LogP contribution in [0.4, 0.5) is 0 Å². The quantitative estimate of drug-likeness (QED) is 0.777. The molecule has 2 aromatic rings. The molecule has 24 heavy (non-hydrogen) atoms. The molecule has 0 radical (unpaired) electrons. The Morgan fingerprint density at radius 2 is 2.17 bits per heavy atom. The Balaban J connectivity index is 1.77. The normalized spacial score (nSPS) is 17.7. The van der Waals surface area contributed by atoms with Crippen molar-refractivity contribution in [1.29, 1.82) is 0 Å². The summed E-state index contributed by atoms with van der Waals surface area (Å²) in [5.74, 6) is 0.580. The summed E-state index contributed by atoms with van der Waals surface area (Å²) < 4.78 is 9.94. The van der Waals surface area contributed by atoms with E-state index in [9.17, 15) is 5.11 Å². The van der Waals surface area contributed by atoms with Crippen LogP contribution < -0.4 is 0 Å². The van der Waals surface area contributed by atoms with Crippen molar-refractivity contribution < 1.29 is 9.84 Å². The Kier molecular flexibility index (Phi) is 5.78. The van der Waals surface area contributed by atoms with Gasteiger partial charge in [0.25, 0.3) is 0 Å². The molecular weight excluding hydrogens is 324 g/mol. The second kappa shape index (κ2) is 8.02. The van der Waals surface area contributed by atoms with Crippen LogP contribution in [-0.4, -0.2) is 43.6 Å².